The molecule has 23 heavy (non-hydrogen) atoms. The highest BCUT2D eigenvalue weighted by molar-refractivity contribution is 6.07. The zero-order valence-corrected chi connectivity index (χ0v) is 12.3. The third-order valence-corrected chi connectivity index (χ3v) is 3.67. The van der Waals surface area contributed by atoms with Gasteiger partial charge in [0.05, 0.1) is 22.7 Å². The molecule has 1 heterocycles. The maximum Gasteiger partial charge on any atom is 0.277 e. The van der Waals surface area contributed by atoms with Crippen LogP contribution >= 0.6 is 0 Å². The van der Waals surface area contributed by atoms with Crippen molar-refractivity contribution in [2.45, 2.75) is 0 Å². The first-order chi connectivity index (χ1) is 11.1. The number of ether oxygens (including phenoxy) is 1. The number of carbonyl (C=O) groups is 1. The molecular formula is C17H14N2O4. The Labute approximate surface area is 132 Å². The number of hydrogen-bond acceptors (Lipinski definition) is 4. The summed E-state index contributed by atoms with van der Waals surface area (Å²) in [5.74, 6) is 0.337. The largest absolute Gasteiger partial charge is 0.490 e. The lowest BCUT2D eigenvalue weighted by Crippen LogP contribution is -2.37. The predicted molar refractivity (Wildman–Crippen MR) is 86.8 cm³/mol. The number of fused-ring (bicyclic) bond motifs is 1. The number of benzene rings is 2. The Kier molecular flexibility index (Phi) is 3.80. The highest BCUT2D eigenvalue weighted by Crippen LogP contribution is 2.32. The summed E-state index contributed by atoms with van der Waals surface area (Å²) in [6.45, 7) is 4.33. The van der Waals surface area contributed by atoms with Gasteiger partial charge in [0.15, 0.2) is 0 Å². The fourth-order valence-electron chi connectivity index (χ4n) is 2.54. The fourth-order valence-corrected chi connectivity index (χ4v) is 2.54. The molecular weight excluding hydrogens is 296 g/mol. The Balaban J connectivity index is 2.00. The molecule has 0 N–H and O–H groups in total. The van der Waals surface area contributed by atoms with Crippen molar-refractivity contribution in [3.63, 3.8) is 0 Å². The van der Waals surface area contributed by atoms with E-state index in [0.717, 1.165) is 0 Å². The van der Waals surface area contributed by atoms with Crippen molar-refractivity contribution in [1.82, 2.24) is 0 Å². The van der Waals surface area contributed by atoms with Gasteiger partial charge in [0.1, 0.15) is 12.4 Å². The van der Waals surface area contributed by atoms with Gasteiger partial charge >= 0.3 is 0 Å². The second kappa shape index (κ2) is 5.92. The average molecular weight is 310 g/mol. The third-order valence-electron chi connectivity index (χ3n) is 3.67. The molecule has 1 aliphatic heterocycles. The van der Waals surface area contributed by atoms with E-state index in [9.17, 15) is 14.9 Å². The number of nitrogens with zero attached hydrogens (tertiary/aromatic N) is 2. The van der Waals surface area contributed by atoms with E-state index in [-0.39, 0.29) is 17.2 Å². The lowest BCUT2D eigenvalue weighted by atomic mass is 10.1. The van der Waals surface area contributed by atoms with Gasteiger partial charge in [0, 0.05) is 11.6 Å². The van der Waals surface area contributed by atoms with Crippen molar-refractivity contribution in [3.8, 4) is 5.75 Å². The van der Waals surface area contributed by atoms with E-state index < -0.39 is 4.92 Å². The van der Waals surface area contributed by atoms with Gasteiger partial charge in [-0.15, -0.1) is 0 Å². The second-order valence-electron chi connectivity index (χ2n) is 5.01. The van der Waals surface area contributed by atoms with Crippen LogP contribution < -0.4 is 9.64 Å². The quantitative estimate of drug-likeness (QED) is 0.644. The van der Waals surface area contributed by atoms with Gasteiger partial charge in [0.25, 0.3) is 11.6 Å². The van der Waals surface area contributed by atoms with E-state index in [1.807, 2.05) is 12.1 Å². The van der Waals surface area contributed by atoms with Gasteiger partial charge in [0.2, 0.25) is 0 Å². The average Bonchev–Trinajstić information content (AvgIpc) is 2.60. The summed E-state index contributed by atoms with van der Waals surface area (Å²) in [5, 5.41) is 11.1. The van der Waals surface area contributed by atoms with E-state index in [4.69, 9.17) is 4.74 Å². The number of hydrogen-bond donors (Lipinski definition) is 0. The van der Waals surface area contributed by atoms with Crippen molar-refractivity contribution < 1.29 is 14.5 Å². The molecule has 3 rings (SSSR count). The van der Waals surface area contributed by atoms with E-state index in [1.54, 1.807) is 23.1 Å². The molecule has 0 unspecified atom stereocenters. The molecule has 116 valence electrons. The Morgan fingerprint density at radius 2 is 2.09 bits per heavy atom. The van der Waals surface area contributed by atoms with Gasteiger partial charge in [-0.3, -0.25) is 14.9 Å². The topological polar surface area (TPSA) is 72.7 Å². The Hall–Kier alpha value is -3.15. The number of para-hydroxylation sites is 2. The first kappa shape index (κ1) is 14.8. The Bertz CT molecular complexity index is 801. The Morgan fingerprint density at radius 3 is 2.83 bits per heavy atom. The van der Waals surface area contributed by atoms with Gasteiger partial charge in [-0.2, -0.15) is 0 Å². The number of carbonyl (C=O) groups excluding carboxylic acids is 1. The molecule has 6 heteroatoms. The maximum atomic E-state index is 12.8. The lowest BCUT2D eigenvalue weighted by molar-refractivity contribution is -0.385. The summed E-state index contributed by atoms with van der Waals surface area (Å²) in [4.78, 5) is 25.0. The van der Waals surface area contributed by atoms with Crippen LogP contribution in [0.2, 0.25) is 0 Å². The van der Waals surface area contributed by atoms with Crippen molar-refractivity contribution in [1.29, 1.82) is 0 Å². The molecule has 1 amide bonds. The maximum absolute atomic E-state index is 12.8. The van der Waals surface area contributed by atoms with Gasteiger partial charge in [-0.1, -0.05) is 24.8 Å². The van der Waals surface area contributed by atoms with E-state index in [0.29, 0.717) is 30.2 Å². The highest BCUT2D eigenvalue weighted by Gasteiger charge is 2.26. The van der Waals surface area contributed by atoms with Crippen molar-refractivity contribution in [2.75, 3.05) is 18.1 Å². The first-order valence-electron chi connectivity index (χ1n) is 7.06. The fraction of sp³-hybridized carbons (Fsp3) is 0.118. The van der Waals surface area contributed by atoms with Crippen LogP contribution in [-0.2, 0) is 0 Å². The molecule has 0 radical (unpaired) electrons. The summed E-state index contributed by atoms with van der Waals surface area (Å²) in [7, 11) is 0. The molecule has 0 saturated heterocycles. The molecule has 0 spiro atoms. The van der Waals surface area contributed by atoms with Crippen molar-refractivity contribution >= 4 is 23.4 Å². The van der Waals surface area contributed by atoms with Crippen LogP contribution in [0.25, 0.3) is 6.08 Å². The minimum absolute atomic E-state index is 0.132. The first-order valence-corrected chi connectivity index (χ1v) is 7.06. The van der Waals surface area contributed by atoms with Crippen LogP contribution in [0.4, 0.5) is 11.4 Å². The van der Waals surface area contributed by atoms with Gasteiger partial charge in [-0.25, -0.2) is 0 Å². The molecule has 0 aromatic heterocycles. The molecule has 0 atom stereocenters. The number of nitro benzene ring substituents is 1. The van der Waals surface area contributed by atoms with Crippen molar-refractivity contribution in [2.24, 2.45) is 0 Å². The predicted octanol–water partition coefficient (Wildman–Crippen LogP) is 3.28. The summed E-state index contributed by atoms with van der Waals surface area (Å²) in [6.07, 6.45) is 1.40. The van der Waals surface area contributed by atoms with Gasteiger partial charge < -0.3 is 9.64 Å². The molecule has 0 bridgehead atoms. The molecule has 2 aromatic carbocycles. The molecule has 6 nitrogen and oxygen atoms in total. The highest BCUT2D eigenvalue weighted by atomic mass is 16.6. The van der Waals surface area contributed by atoms with Crippen LogP contribution in [-0.4, -0.2) is 24.0 Å². The summed E-state index contributed by atoms with van der Waals surface area (Å²) < 4.78 is 5.52. The van der Waals surface area contributed by atoms with Gasteiger partial charge in [-0.05, 0) is 24.3 Å². The van der Waals surface area contributed by atoms with E-state index in [2.05, 4.69) is 6.58 Å². The van der Waals surface area contributed by atoms with Crippen LogP contribution in [0, 0.1) is 10.1 Å². The minimum atomic E-state index is -0.513. The van der Waals surface area contributed by atoms with E-state index in [1.165, 1.54) is 18.2 Å². The Morgan fingerprint density at radius 1 is 1.30 bits per heavy atom. The molecule has 1 aliphatic rings. The smallest absolute Gasteiger partial charge is 0.277 e. The van der Waals surface area contributed by atoms with Crippen LogP contribution in [0.5, 0.6) is 5.75 Å². The standard InChI is InChI=1S/C17H14N2O4/c1-2-12-7-8-13(11-15(12)19(21)22)17(20)18-9-10-23-16-6-4-3-5-14(16)18/h2-8,11H,1,9-10H2. The van der Waals surface area contributed by atoms with Crippen molar-refractivity contribution in [3.05, 3.63) is 70.3 Å². The SMILES string of the molecule is C=Cc1ccc(C(=O)N2CCOc3ccccc32)cc1[N+](=O)[O-]. The van der Waals surface area contributed by atoms with Crippen LogP contribution in [0.1, 0.15) is 15.9 Å². The lowest BCUT2D eigenvalue weighted by Gasteiger charge is -2.29. The zero-order chi connectivity index (χ0) is 16.4. The second-order valence-corrected chi connectivity index (χ2v) is 5.01. The zero-order valence-electron chi connectivity index (χ0n) is 12.3. The van der Waals surface area contributed by atoms with E-state index >= 15 is 0 Å². The number of amides is 1. The molecule has 0 fully saturated rings. The number of rotatable bonds is 3. The number of anilines is 1. The summed E-state index contributed by atoms with van der Waals surface area (Å²) >= 11 is 0. The monoisotopic (exact) mass is 310 g/mol. The summed E-state index contributed by atoms with van der Waals surface area (Å²) in [5.41, 5.74) is 1.18. The van der Waals surface area contributed by atoms with Crippen LogP contribution in [0.3, 0.4) is 0 Å². The number of nitro groups is 1. The minimum Gasteiger partial charge on any atom is -0.490 e. The summed E-state index contributed by atoms with van der Waals surface area (Å²) in [6, 6.07) is 11.6. The molecule has 2 aromatic rings. The van der Waals surface area contributed by atoms with Crippen LogP contribution in [0.15, 0.2) is 49.0 Å². The molecule has 0 aliphatic carbocycles. The third kappa shape index (κ3) is 2.66. The normalized spacial score (nSPS) is 13.0. The molecule has 0 saturated carbocycles.